The third-order valence-electron chi connectivity index (χ3n) is 2.38. The normalized spacial score (nSPS) is 10.3. The summed E-state index contributed by atoms with van der Waals surface area (Å²) in [4.78, 5) is 10.8. The van der Waals surface area contributed by atoms with Gasteiger partial charge in [0.2, 0.25) is 0 Å². The van der Waals surface area contributed by atoms with Gasteiger partial charge in [-0.25, -0.2) is 4.79 Å². The summed E-state index contributed by atoms with van der Waals surface area (Å²) in [6.07, 6.45) is 0. The van der Waals surface area contributed by atoms with Crippen LogP contribution < -0.4 is 0 Å². The number of aromatic amines is 1. The lowest BCUT2D eigenvalue weighted by Crippen LogP contribution is -1.98. The van der Waals surface area contributed by atoms with Gasteiger partial charge in [-0.15, -0.1) is 0 Å². The number of phenols is 1. The smallest absolute Gasteiger partial charge is 0.354 e. The van der Waals surface area contributed by atoms with Crippen molar-refractivity contribution < 1.29 is 15.0 Å². The van der Waals surface area contributed by atoms with E-state index in [4.69, 9.17) is 5.11 Å². The lowest BCUT2D eigenvalue weighted by molar-refractivity contribution is 0.0689. The van der Waals surface area contributed by atoms with Gasteiger partial charge in [0.1, 0.15) is 11.4 Å². The van der Waals surface area contributed by atoms with E-state index in [-0.39, 0.29) is 11.4 Å². The molecule has 1 aromatic carbocycles. The van der Waals surface area contributed by atoms with Crippen LogP contribution in [0.4, 0.5) is 0 Å². The Kier molecular flexibility index (Phi) is 2.36. The van der Waals surface area contributed by atoms with Crippen LogP contribution in [0.5, 0.6) is 5.75 Å². The van der Waals surface area contributed by atoms with E-state index in [1.807, 2.05) is 0 Å². The first-order valence-corrected chi connectivity index (χ1v) is 4.68. The number of benzene rings is 1. The zero-order valence-electron chi connectivity index (χ0n) is 8.56. The molecule has 0 saturated carbocycles. The van der Waals surface area contributed by atoms with Gasteiger partial charge in [0, 0.05) is 11.1 Å². The molecule has 3 N–H and O–H groups in total. The van der Waals surface area contributed by atoms with Crippen LogP contribution in [0, 0.1) is 6.92 Å². The quantitative estimate of drug-likeness (QED) is 0.717. The summed E-state index contributed by atoms with van der Waals surface area (Å²) in [5.74, 6) is -0.985. The summed E-state index contributed by atoms with van der Waals surface area (Å²) in [5, 5.41) is 24.8. The first-order valence-electron chi connectivity index (χ1n) is 4.68. The number of carboxylic acid groups (broad SMARTS) is 1. The highest BCUT2D eigenvalue weighted by Gasteiger charge is 2.17. The van der Waals surface area contributed by atoms with Gasteiger partial charge in [-0.05, 0) is 19.1 Å². The maximum atomic E-state index is 10.8. The second-order valence-electron chi connectivity index (χ2n) is 3.39. The van der Waals surface area contributed by atoms with Crippen molar-refractivity contribution in [2.24, 2.45) is 0 Å². The number of carboxylic acids is 1. The maximum absolute atomic E-state index is 10.8. The molecule has 0 atom stereocenters. The fraction of sp³-hybridized carbons (Fsp3) is 0.0909. The van der Waals surface area contributed by atoms with Crippen LogP contribution in [0.1, 0.15) is 16.1 Å². The number of para-hydroxylation sites is 1. The molecule has 5 nitrogen and oxygen atoms in total. The molecule has 0 spiro atoms. The zero-order valence-corrected chi connectivity index (χ0v) is 8.56. The molecular formula is C11H10N2O3. The van der Waals surface area contributed by atoms with Crippen molar-refractivity contribution in [2.75, 3.05) is 0 Å². The van der Waals surface area contributed by atoms with Crippen molar-refractivity contribution in [2.45, 2.75) is 6.92 Å². The number of H-pyrrole nitrogens is 1. The van der Waals surface area contributed by atoms with Crippen molar-refractivity contribution in [3.8, 4) is 17.0 Å². The Morgan fingerprint density at radius 1 is 1.38 bits per heavy atom. The number of hydrogen-bond donors (Lipinski definition) is 3. The minimum Gasteiger partial charge on any atom is -0.507 e. The fourth-order valence-electron chi connectivity index (χ4n) is 1.54. The molecule has 2 aromatic rings. The molecule has 0 amide bonds. The van der Waals surface area contributed by atoms with Gasteiger partial charge in [0.05, 0.1) is 5.69 Å². The first kappa shape index (κ1) is 10.2. The van der Waals surface area contributed by atoms with Gasteiger partial charge >= 0.3 is 5.97 Å². The van der Waals surface area contributed by atoms with E-state index in [1.54, 1.807) is 25.1 Å². The molecule has 0 saturated heterocycles. The minimum atomic E-state index is -1.06. The predicted molar refractivity (Wildman–Crippen MR) is 57.4 cm³/mol. The summed E-state index contributed by atoms with van der Waals surface area (Å²) in [7, 11) is 0. The number of aromatic hydroxyl groups is 1. The SMILES string of the molecule is Cc1c(-c2ccccc2O)n[nH]c1C(=O)O. The van der Waals surface area contributed by atoms with Crippen LogP contribution in [0.25, 0.3) is 11.3 Å². The van der Waals surface area contributed by atoms with Crippen molar-refractivity contribution in [1.82, 2.24) is 10.2 Å². The van der Waals surface area contributed by atoms with Gasteiger partial charge in [0.15, 0.2) is 0 Å². The van der Waals surface area contributed by atoms with Crippen molar-refractivity contribution in [3.05, 3.63) is 35.5 Å². The van der Waals surface area contributed by atoms with Gasteiger partial charge in [-0.2, -0.15) is 5.10 Å². The number of rotatable bonds is 2. The molecule has 16 heavy (non-hydrogen) atoms. The van der Waals surface area contributed by atoms with Gasteiger partial charge in [0.25, 0.3) is 0 Å². The summed E-state index contributed by atoms with van der Waals surface area (Å²) < 4.78 is 0. The maximum Gasteiger partial charge on any atom is 0.354 e. The van der Waals surface area contributed by atoms with Crippen LogP contribution >= 0.6 is 0 Å². The fourth-order valence-corrected chi connectivity index (χ4v) is 1.54. The van der Waals surface area contributed by atoms with Crippen LogP contribution in [0.3, 0.4) is 0 Å². The topological polar surface area (TPSA) is 86.2 Å². The number of aromatic carboxylic acids is 1. The molecule has 2 rings (SSSR count). The molecule has 1 heterocycles. The monoisotopic (exact) mass is 218 g/mol. The Balaban J connectivity index is 2.58. The summed E-state index contributed by atoms with van der Waals surface area (Å²) in [5.41, 5.74) is 1.52. The zero-order chi connectivity index (χ0) is 11.7. The minimum absolute atomic E-state index is 0.0400. The number of phenolic OH excluding ortho intramolecular Hbond substituents is 1. The summed E-state index contributed by atoms with van der Waals surface area (Å²) in [6.45, 7) is 1.65. The Labute approximate surface area is 91.4 Å². The molecular weight excluding hydrogens is 208 g/mol. The van der Waals surface area contributed by atoms with E-state index >= 15 is 0 Å². The molecule has 0 aliphatic rings. The molecule has 1 aromatic heterocycles. The Hall–Kier alpha value is -2.30. The average molecular weight is 218 g/mol. The molecule has 0 unspecified atom stereocenters. The molecule has 5 heteroatoms. The Morgan fingerprint density at radius 2 is 2.06 bits per heavy atom. The summed E-state index contributed by atoms with van der Waals surface area (Å²) in [6, 6.07) is 6.66. The van der Waals surface area contributed by atoms with Crippen LogP contribution in [0.15, 0.2) is 24.3 Å². The standard InChI is InChI=1S/C11H10N2O3/c1-6-9(12-13-10(6)11(15)16)7-4-2-3-5-8(7)14/h2-5,14H,1H3,(H,12,13)(H,15,16). The highest BCUT2D eigenvalue weighted by atomic mass is 16.4. The van der Waals surface area contributed by atoms with E-state index in [9.17, 15) is 9.90 Å². The third kappa shape index (κ3) is 1.52. The first-order chi connectivity index (χ1) is 7.61. The van der Waals surface area contributed by atoms with E-state index < -0.39 is 5.97 Å². The second-order valence-corrected chi connectivity index (χ2v) is 3.39. The van der Waals surface area contributed by atoms with Crippen molar-refractivity contribution in [1.29, 1.82) is 0 Å². The molecule has 0 bridgehead atoms. The van der Waals surface area contributed by atoms with E-state index in [0.717, 1.165) is 0 Å². The second kappa shape index (κ2) is 3.69. The average Bonchev–Trinajstić information content (AvgIpc) is 2.61. The van der Waals surface area contributed by atoms with Gasteiger partial charge < -0.3 is 10.2 Å². The molecule has 0 fully saturated rings. The van der Waals surface area contributed by atoms with Crippen LogP contribution in [-0.4, -0.2) is 26.4 Å². The van der Waals surface area contributed by atoms with Crippen LogP contribution in [0.2, 0.25) is 0 Å². The third-order valence-corrected chi connectivity index (χ3v) is 2.38. The highest BCUT2D eigenvalue weighted by Crippen LogP contribution is 2.30. The molecule has 0 aliphatic heterocycles. The number of nitrogens with zero attached hydrogens (tertiary/aromatic N) is 1. The van der Waals surface area contributed by atoms with E-state index in [2.05, 4.69) is 10.2 Å². The van der Waals surface area contributed by atoms with E-state index in [0.29, 0.717) is 16.8 Å². The van der Waals surface area contributed by atoms with Gasteiger partial charge in [-0.1, -0.05) is 12.1 Å². The predicted octanol–water partition coefficient (Wildman–Crippen LogP) is 1.79. The van der Waals surface area contributed by atoms with Gasteiger partial charge in [-0.3, -0.25) is 5.10 Å². The van der Waals surface area contributed by atoms with Crippen molar-refractivity contribution in [3.63, 3.8) is 0 Å². The van der Waals surface area contributed by atoms with E-state index in [1.165, 1.54) is 6.07 Å². The Morgan fingerprint density at radius 3 is 2.62 bits per heavy atom. The number of carbonyl (C=O) groups is 1. The summed E-state index contributed by atoms with van der Waals surface area (Å²) >= 11 is 0. The highest BCUT2D eigenvalue weighted by molar-refractivity contribution is 5.89. The molecule has 0 radical (unpaired) electrons. The number of nitrogens with one attached hydrogen (secondary N) is 1. The lowest BCUT2D eigenvalue weighted by atomic mass is 10.1. The van der Waals surface area contributed by atoms with Crippen molar-refractivity contribution >= 4 is 5.97 Å². The van der Waals surface area contributed by atoms with Crippen LogP contribution in [-0.2, 0) is 0 Å². The Bertz CT molecular complexity index is 546. The lowest BCUT2D eigenvalue weighted by Gasteiger charge is -2.01. The number of hydrogen-bond acceptors (Lipinski definition) is 3. The molecule has 0 aliphatic carbocycles. The number of aromatic nitrogens is 2. The largest absolute Gasteiger partial charge is 0.507 e. The molecule has 82 valence electrons.